The summed E-state index contributed by atoms with van der Waals surface area (Å²) in [5.41, 5.74) is -7.16. The molecule has 1 fully saturated rings. The van der Waals surface area contributed by atoms with Crippen molar-refractivity contribution in [2.24, 2.45) is 0 Å². The molecule has 13 heteroatoms. The van der Waals surface area contributed by atoms with Gasteiger partial charge in [0.05, 0.1) is 5.69 Å². The molecule has 0 radical (unpaired) electrons. The average molecular weight is 427 g/mol. The zero-order valence-corrected chi connectivity index (χ0v) is 15.3. The molecular weight excluding hydrogens is 414 g/mol. The Labute approximate surface area is 156 Å². The molecule has 2 rings (SSSR count). The van der Waals surface area contributed by atoms with Gasteiger partial charge in [-0.3, -0.25) is 0 Å². The molecule has 1 N–H and O–H groups in total. The van der Waals surface area contributed by atoms with Crippen molar-refractivity contribution >= 4 is 27.7 Å². The first-order valence-corrected chi connectivity index (χ1v) is 8.78. The second-order valence-corrected chi connectivity index (χ2v) is 7.50. The van der Waals surface area contributed by atoms with Gasteiger partial charge in [0.1, 0.15) is 11.6 Å². The number of nitrogens with one attached hydrogen (secondary N) is 1. The summed E-state index contributed by atoms with van der Waals surface area (Å²) >= 11 is 0. The van der Waals surface area contributed by atoms with Crippen LogP contribution in [0.25, 0.3) is 0 Å². The predicted molar refractivity (Wildman–Crippen MR) is 84.7 cm³/mol. The smallest absolute Gasteiger partial charge is 0.419 e. The highest BCUT2D eigenvalue weighted by Crippen LogP contribution is 2.32. The molecule has 1 heterocycles. The number of hydrogen-bond acceptors (Lipinski definition) is 8. The quantitative estimate of drug-likeness (QED) is 0.195. The number of benzene rings is 1. The van der Waals surface area contributed by atoms with Crippen LogP contribution in [-0.2, 0) is 29.2 Å². The third kappa shape index (κ3) is 4.52. The van der Waals surface area contributed by atoms with Crippen molar-refractivity contribution < 1.29 is 49.2 Å². The monoisotopic (exact) mass is 427 g/mol. The van der Waals surface area contributed by atoms with E-state index in [4.69, 9.17) is 9.47 Å². The Kier molecular flexibility index (Phi) is 5.34. The molecule has 1 aliphatic rings. The molecule has 0 amide bonds. The third-order valence-corrected chi connectivity index (χ3v) is 4.20. The van der Waals surface area contributed by atoms with Crippen LogP contribution in [0.15, 0.2) is 23.9 Å². The minimum Gasteiger partial charge on any atom is -0.419 e. The minimum absolute atomic E-state index is 0.248. The van der Waals surface area contributed by atoms with Gasteiger partial charge in [0, 0.05) is 26.1 Å². The van der Waals surface area contributed by atoms with Gasteiger partial charge in [0.15, 0.2) is 5.57 Å². The average Bonchev–Trinajstić information content (AvgIpc) is 2.48. The van der Waals surface area contributed by atoms with Crippen molar-refractivity contribution in [2.45, 2.75) is 32.1 Å². The highest BCUT2D eigenvalue weighted by atomic mass is 32.2. The maximum Gasteiger partial charge on any atom is 0.534 e. The zero-order valence-electron chi connectivity index (χ0n) is 14.5. The Balaban J connectivity index is 2.33. The second kappa shape index (κ2) is 6.96. The van der Waals surface area contributed by atoms with E-state index in [0.717, 1.165) is 6.92 Å². The highest BCUT2D eigenvalue weighted by molar-refractivity contribution is 7.88. The van der Waals surface area contributed by atoms with E-state index in [1.54, 1.807) is 0 Å². The lowest BCUT2D eigenvalue weighted by atomic mass is 10.2. The topological polar surface area (TPSA) is 108 Å². The summed E-state index contributed by atoms with van der Waals surface area (Å²) < 4.78 is 87.2. The number of rotatable bonds is 4. The lowest BCUT2D eigenvalue weighted by Gasteiger charge is -2.29. The fourth-order valence-electron chi connectivity index (χ4n) is 1.95. The zero-order chi connectivity index (χ0) is 21.5. The summed E-state index contributed by atoms with van der Waals surface area (Å²) in [4.78, 5) is 23.6. The lowest BCUT2D eigenvalue weighted by molar-refractivity contribution is -0.222. The number of halogens is 4. The van der Waals surface area contributed by atoms with Gasteiger partial charge in [-0.15, -0.1) is 0 Å². The normalized spacial score (nSPS) is 16.9. The van der Waals surface area contributed by atoms with Crippen molar-refractivity contribution in [1.29, 1.82) is 0 Å². The first-order chi connectivity index (χ1) is 12.6. The van der Waals surface area contributed by atoms with Crippen LogP contribution < -0.4 is 9.50 Å². The maximum absolute atomic E-state index is 14.0. The van der Waals surface area contributed by atoms with Gasteiger partial charge in [0.25, 0.3) is 5.79 Å². The second-order valence-electron chi connectivity index (χ2n) is 5.96. The van der Waals surface area contributed by atoms with Gasteiger partial charge >= 0.3 is 27.6 Å². The summed E-state index contributed by atoms with van der Waals surface area (Å²) in [6.45, 7) is 3.72. The van der Waals surface area contributed by atoms with E-state index in [9.17, 15) is 35.6 Å². The van der Waals surface area contributed by atoms with Crippen molar-refractivity contribution in [1.82, 2.24) is 0 Å². The molecule has 0 unspecified atom stereocenters. The predicted octanol–water partition coefficient (Wildman–Crippen LogP) is 2.49. The molecule has 0 atom stereocenters. The Morgan fingerprint density at radius 3 is 2.18 bits per heavy atom. The van der Waals surface area contributed by atoms with E-state index in [0.29, 0.717) is 18.3 Å². The number of anilines is 1. The van der Waals surface area contributed by atoms with Crippen LogP contribution in [0.4, 0.5) is 23.2 Å². The van der Waals surface area contributed by atoms with Crippen LogP contribution in [0.3, 0.4) is 0 Å². The summed E-state index contributed by atoms with van der Waals surface area (Å²) in [5.74, 6) is -5.51. The van der Waals surface area contributed by atoms with E-state index in [1.165, 1.54) is 13.8 Å². The molecule has 0 bridgehead atoms. The summed E-state index contributed by atoms with van der Waals surface area (Å²) in [6.07, 6.45) is 0.704. The lowest BCUT2D eigenvalue weighted by Crippen LogP contribution is -2.42. The van der Waals surface area contributed by atoms with Gasteiger partial charge in [-0.05, 0) is 18.6 Å². The van der Waals surface area contributed by atoms with E-state index in [-0.39, 0.29) is 5.56 Å². The van der Waals surface area contributed by atoms with Crippen molar-refractivity contribution in [3.8, 4) is 5.75 Å². The third-order valence-electron chi connectivity index (χ3n) is 3.24. The van der Waals surface area contributed by atoms with E-state index in [1.807, 2.05) is 0 Å². The molecule has 0 aromatic heterocycles. The molecule has 8 nitrogen and oxygen atoms in total. The molecule has 0 aliphatic carbocycles. The molecule has 1 saturated heterocycles. The molecule has 0 saturated carbocycles. The van der Waals surface area contributed by atoms with Crippen LogP contribution in [0.5, 0.6) is 5.75 Å². The van der Waals surface area contributed by atoms with Gasteiger partial charge in [0.2, 0.25) is 0 Å². The number of alkyl halides is 3. The Hall–Kier alpha value is -2.83. The SMILES string of the molecule is Cc1cc(F)c(NC=C2C(=O)OC(C)(C)OC2=O)cc1OS(=O)(=O)C(F)(F)F. The molecule has 0 spiro atoms. The number of carbonyl (C=O) groups is 2. The minimum atomic E-state index is -5.98. The summed E-state index contributed by atoms with van der Waals surface area (Å²) in [7, 11) is -5.98. The van der Waals surface area contributed by atoms with Crippen LogP contribution >= 0.6 is 0 Å². The standard InChI is InChI=1S/C15H13F4NO7S/c1-7-4-9(16)10(5-11(7)27-28(23,24)15(17,18)19)20-6-8-12(21)25-14(2,3)26-13(8)22/h4-6,20H,1-3H3. The number of cyclic esters (lactones) is 2. The van der Waals surface area contributed by atoms with Crippen molar-refractivity contribution in [3.05, 3.63) is 35.3 Å². The summed E-state index contributed by atoms with van der Waals surface area (Å²) in [5, 5.41) is 2.17. The fraction of sp³-hybridized carbons (Fsp3) is 0.333. The van der Waals surface area contributed by atoms with Crippen LogP contribution in [0, 0.1) is 12.7 Å². The summed E-state index contributed by atoms with van der Waals surface area (Å²) in [6, 6.07) is 1.32. The van der Waals surface area contributed by atoms with Gasteiger partial charge < -0.3 is 19.0 Å². The van der Waals surface area contributed by atoms with E-state index in [2.05, 4.69) is 9.50 Å². The molecule has 154 valence electrons. The molecule has 1 aromatic rings. The first kappa shape index (κ1) is 21.5. The molecular formula is C15H13F4NO7S. The Morgan fingerprint density at radius 2 is 1.68 bits per heavy atom. The number of esters is 2. The Morgan fingerprint density at radius 1 is 1.14 bits per heavy atom. The maximum atomic E-state index is 14.0. The highest BCUT2D eigenvalue weighted by Gasteiger charge is 2.48. The first-order valence-electron chi connectivity index (χ1n) is 7.37. The fourth-order valence-corrected chi connectivity index (χ4v) is 2.46. The molecule has 1 aliphatic heterocycles. The number of carbonyl (C=O) groups excluding carboxylic acids is 2. The van der Waals surface area contributed by atoms with Gasteiger partial charge in [-0.25, -0.2) is 14.0 Å². The number of hydrogen-bond donors (Lipinski definition) is 1. The van der Waals surface area contributed by atoms with Crippen LogP contribution in [0.2, 0.25) is 0 Å². The van der Waals surface area contributed by atoms with Crippen molar-refractivity contribution in [2.75, 3.05) is 5.32 Å². The van der Waals surface area contributed by atoms with E-state index >= 15 is 0 Å². The Bertz CT molecular complexity index is 945. The van der Waals surface area contributed by atoms with Gasteiger partial charge in [-0.1, -0.05) is 0 Å². The molecule has 1 aromatic carbocycles. The van der Waals surface area contributed by atoms with Crippen molar-refractivity contribution in [3.63, 3.8) is 0 Å². The van der Waals surface area contributed by atoms with Crippen LogP contribution in [0.1, 0.15) is 19.4 Å². The number of aryl methyl sites for hydroxylation is 1. The van der Waals surface area contributed by atoms with Crippen LogP contribution in [-0.4, -0.2) is 31.7 Å². The molecule has 28 heavy (non-hydrogen) atoms. The van der Waals surface area contributed by atoms with Gasteiger partial charge in [-0.2, -0.15) is 21.6 Å². The van der Waals surface area contributed by atoms with E-state index < -0.39 is 56.2 Å². The largest absolute Gasteiger partial charge is 0.534 e. The number of ether oxygens (including phenoxy) is 2.